The number of nitrogens with two attached hydrogens (primary N) is 1. The van der Waals surface area contributed by atoms with Crippen LogP contribution in [0, 0.1) is 29.6 Å². The summed E-state index contributed by atoms with van der Waals surface area (Å²) in [5.74, 6) is 1.31. The molecule has 0 spiro atoms. The van der Waals surface area contributed by atoms with Gasteiger partial charge in [0.05, 0.1) is 5.92 Å². The minimum absolute atomic E-state index is 0.0390. The second kappa shape index (κ2) is 6.98. The monoisotopic (exact) mass is 370 g/mol. The van der Waals surface area contributed by atoms with Gasteiger partial charge in [-0.15, -0.1) is 0 Å². The Kier molecular flexibility index (Phi) is 4.66. The maximum atomic E-state index is 12.8. The Morgan fingerprint density at radius 1 is 1.00 bits per heavy atom. The van der Waals surface area contributed by atoms with Crippen molar-refractivity contribution >= 4 is 23.5 Å². The molecule has 4 saturated carbocycles. The van der Waals surface area contributed by atoms with Gasteiger partial charge >= 0.3 is 5.97 Å². The van der Waals surface area contributed by atoms with E-state index < -0.39 is 12.0 Å². The minimum atomic E-state index is -0.856. The molecule has 2 amide bonds. The van der Waals surface area contributed by atoms with Crippen molar-refractivity contribution in [2.45, 2.75) is 45.1 Å². The zero-order valence-electron chi connectivity index (χ0n) is 15.5. The summed E-state index contributed by atoms with van der Waals surface area (Å²) >= 11 is 0. The van der Waals surface area contributed by atoms with Crippen molar-refractivity contribution in [3.63, 3.8) is 0 Å². The van der Waals surface area contributed by atoms with E-state index in [0.717, 1.165) is 37.5 Å². The van der Waals surface area contributed by atoms with Crippen LogP contribution in [0.1, 0.15) is 49.4 Å². The molecule has 3 N–H and O–H groups in total. The van der Waals surface area contributed by atoms with Crippen LogP contribution in [0.4, 0.5) is 5.69 Å². The first kappa shape index (κ1) is 18.0. The van der Waals surface area contributed by atoms with Gasteiger partial charge in [-0.1, -0.05) is 0 Å². The Labute approximate surface area is 158 Å². The smallest absolute Gasteiger partial charge is 0.310 e. The van der Waals surface area contributed by atoms with Crippen molar-refractivity contribution in [1.29, 1.82) is 0 Å². The molecule has 0 heterocycles. The Morgan fingerprint density at radius 3 is 2.07 bits per heavy atom. The van der Waals surface area contributed by atoms with Gasteiger partial charge in [0.15, 0.2) is 6.10 Å². The van der Waals surface area contributed by atoms with Crippen molar-refractivity contribution in [3.8, 4) is 0 Å². The molecule has 144 valence electrons. The van der Waals surface area contributed by atoms with E-state index in [9.17, 15) is 14.4 Å². The van der Waals surface area contributed by atoms with Crippen LogP contribution in [0.2, 0.25) is 0 Å². The van der Waals surface area contributed by atoms with Gasteiger partial charge in [0.25, 0.3) is 5.91 Å². The fraction of sp³-hybridized carbons (Fsp3) is 0.571. The van der Waals surface area contributed by atoms with Gasteiger partial charge in [-0.05, 0) is 87.0 Å². The van der Waals surface area contributed by atoms with Crippen molar-refractivity contribution < 1.29 is 19.1 Å². The summed E-state index contributed by atoms with van der Waals surface area (Å²) in [6.45, 7) is 1.60. The number of hydrogen-bond donors (Lipinski definition) is 2. The van der Waals surface area contributed by atoms with Crippen LogP contribution in [-0.4, -0.2) is 23.9 Å². The third-order valence-corrected chi connectivity index (χ3v) is 6.60. The Morgan fingerprint density at radius 2 is 1.56 bits per heavy atom. The molecule has 0 saturated heterocycles. The number of benzene rings is 1. The number of rotatable bonds is 5. The molecule has 0 unspecified atom stereocenters. The van der Waals surface area contributed by atoms with Crippen LogP contribution in [0.5, 0.6) is 0 Å². The van der Waals surface area contributed by atoms with Crippen LogP contribution >= 0.6 is 0 Å². The predicted molar refractivity (Wildman–Crippen MR) is 99.7 cm³/mol. The Bertz CT molecular complexity index is 730. The molecule has 4 fully saturated rings. The second-order valence-electron chi connectivity index (χ2n) is 8.47. The Hall–Kier alpha value is -2.37. The lowest BCUT2D eigenvalue weighted by Crippen LogP contribution is -2.49. The molecule has 1 aromatic rings. The van der Waals surface area contributed by atoms with Gasteiger partial charge < -0.3 is 15.8 Å². The molecule has 1 atom stereocenters. The number of amides is 2. The average Bonchev–Trinajstić information content (AvgIpc) is 2.61. The number of anilines is 1. The van der Waals surface area contributed by atoms with Crippen LogP contribution in [0.3, 0.4) is 0 Å². The van der Waals surface area contributed by atoms with Crippen LogP contribution < -0.4 is 11.1 Å². The van der Waals surface area contributed by atoms with E-state index in [4.69, 9.17) is 10.5 Å². The van der Waals surface area contributed by atoms with Gasteiger partial charge in [0.2, 0.25) is 5.91 Å². The fourth-order valence-corrected chi connectivity index (χ4v) is 5.58. The second-order valence-corrected chi connectivity index (χ2v) is 8.47. The van der Waals surface area contributed by atoms with E-state index in [1.54, 1.807) is 31.2 Å². The SMILES string of the molecule is C[C@H](OC(=O)C1C2CC3CC(C2)CC1C3)C(=O)Nc1ccc(C(N)=O)cc1. The number of nitrogens with one attached hydrogen (secondary N) is 1. The summed E-state index contributed by atoms with van der Waals surface area (Å²) in [4.78, 5) is 36.2. The quantitative estimate of drug-likeness (QED) is 0.779. The Balaban J connectivity index is 1.34. The molecule has 4 aliphatic carbocycles. The molecule has 4 aliphatic rings. The first-order valence-electron chi connectivity index (χ1n) is 9.82. The lowest BCUT2D eigenvalue weighted by Gasteiger charge is -2.53. The number of carbonyl (C=O) groups excluding carboxylic acids is 3. The normalized spacial score (nSPS) is 32.0. The number of hydrogen-bond acceptors (Lipinski definition) is 4. The number of ether oxygens (including phenoxy) is 1. The predicted octanol–water partition coefficient (Wildman–Crippen LogP) is 2.73. The van der Waals surface area contributed by atoms with Crippen LogP contribution in [0.25, 0.3) is 0 Å². The van der Waals surface area contributed by atoms with Gasteiger partial charge in [-0.25, -0.2) is 0 Å². The van der Waals surface area contributed by atoms with Crippen molar-refractivity contribution in [1.82, 2.24) is 0 Å². The van der Waals surface area contributed by atoms with Gasteiger partial charge in [0.1, 0.15) is 0 Å². The topological polar surface area (TPSA) is 98.5 Å². The van der Waals surface area contributed by atoms with E-state index in [-0.39, 0.29) is 17.8 Å². The van der Waals surface area contributed by atoms with E-state index >= 15 is 0 Å². The highest BCUT2D eigenvalue weighted by atomic mass is 16.5. The zero-order valence-corrected chi connectivity index (χ0v) is 15.5. The van der Waals surface area contributed by atoms with E-state index in [0.29, 0.717) is 23.1 Å². The molecule has 5 rings (SSSR count). The lowest BCUT2D eigenvalue weighted by molar-refractivity contribution is -0.169. The van der Waals surface area contributed by atoms with Crippen molar-refractivity contribution in [3.05, 3.63) is 29.8 Å². The van der Waals surface area contributed by atoms with E-state index in [1.807, 2.05) is 0 Å². The first-order valence-corrected chi connectivity index (χ1v) is 9.82. The van der Waals surface area contributed by atoms with Crippen molar-refractivity contribution in [2.24, 2.45) is 35.3 Å². The van der Waals surface area contributed by atoms with Crippen LogP contribution in [0.15, 0.2) is 24.3 Å². The number of carbonyl (C=O) groups is 3. The number of primary amides is 1. The summed E-state index contributed by atoms with van der Waals surface area (Å²) < 4.78 is 5.55. The summed E-state index contributed by atoms with van der Waals surface area (Å²) in [5, 5.41) is 2.71. The highest BCUT2D eigenvalue weighted by Crippen LogP contribution is 2.56. The standard InChI is InChI=1S/C21H26N2O4/c1-11(20(25)23-17-4-2-14(3-5-17)19(22)24)27-21(26)18-15-7-12-6-13(9-15)10-16(18)8-12/h2-5,11-13,15-16,18H,6-10H2,1H3,(H2,22,24)(H,23,25)/t11-,12?,13?,15?,16?,18?/m0/s1. The summed E-state index contributed by atoms with van der Waals surface area (Å²) in [5.41, 5.74) is 6.10. The molecular weight excluding hydrogens is 344 g/mol. The molecule has 4 bridgehead atoms. The van der Waals surface area contributed by atoms with Gasteiger partial charge in [-0.3, -0.25) is 14.4 Å². The summed E-state index contributed by atoms with van der Waals surface area (Å²) in [6.07, 6.45) is 5.03. The molecular formula is C21H26N2O4. The van der Waals surface area contributed by atoms with E-state index in [2.05, 4.69) is 5.32 Å². The average molecular weight is 370 g/mol. The van der Waals surface area contributed by atoms with Gasteiger partial charge in [-0.2, -0.15) is 0 Å². The maximum Gasteiger partial charge on any atom is 0.310 e. The van der Waals surface area contributed by atoms with E-state index in [1.165, 1.54) is 6.42 Å². The van der Waals surface area contributed by atoms with Gasteiger partial charge in [0, 0.05) is 11.3 Å². The zero-order chi connectivity index (χ0) is 19.1. The van der Waals surface area contributed by atoms with Crippen molar-refractivity contribution in [2.75, 3.05) is 5.32 Å². The minimum Gasteiger partial charge on any atom is -0.452 e. The third-order valence-electron chi connectivity index (χ3n) is 6.60. The maximum absolute atomic E-state index is 12.8. The fourth-order valence-electron chi connectivity index (χ4n) is 5.58. The first-order chi connectivity index (χ1) is 12.9. The molecule has 6 heteroatoms. The molecule has 0 aromatic heterocycles. The van der Waals surface area contributed by atoms with Crippen LogP contribution in [-0.2, 0) is 14.3 Å². The summed E-state index contributed by atoms with van der Waals surface area (Å²) in [6, 6.07) is 6.29. The molecule has 1 aromatic carbocycles. The summed E-state index contributed by atoms with van der Waals surface area (Å²) in [7, 11) is 0. The molecule has 0 radical (unpaired) electrons. The highest BCUT2D eigenvalue weighted by Gasteiger charge is 2.51. The number of esters is 1. The third kappa shape index (κ3) is 3.57. The lowest BCUT2D eigenvalue weighted by atomic mass is 9.52. The molecule has 6 nitrogen and oxygen atoms in total. The molecule has 27 heavy (non-hydrogen) atoms. The molecule has 0 aliphatic heterocycles. The highest BCUT2D eigenvalue weighted by molar-refractivity contribution is 5.96. The largest absolute Gasteiger partial charge is 0.452 e.